The molecule has 0 amide bonds. The van der Waals surface area contributed by atoms with E-state index in [1.807, 2.05) is 25.1 Å². The zero-order chi connectivity index (χ0) is 18.8. The van der Waals surface area contributed by atoms with Crippen LogP contribution in [0.3, 0.4) is 0 Å². The zero-order valence-corrected chi connectivity index (χ0v) is 14.9. The van der Waals surface area contributed by atoms with Crippen molar-refractivity contribution in [1.82, 2.24) is 4.57 Å². The second-order valence-corrected chi connectivity index (χ2v) is 6.13. The number of aryl methyl sites for hydroxylation is 2. The summed E-state index contributed by atoms with van der Waals surface area (Å²) in [6.45, 7) is 3.39. The summed E-state index contributed by atoms with van der Waals surface area (Å²) in [4.78, 5) is 35.6. The molecule has 0 saturated heterocycles. The summed E-state index contributed by atoms with van der Waals surface area (Å²) in [6, 6.07) is 8.45. The smallest absolute Gasteiger partial charge is 0.355 e. The second-order valence-electron chi connectivity index (χ2n) is 6.13. The van der Waals surface area contributed by atoms with Gasteiger partial charge in [-0.05, 0) is 31.0 Å². The molecular weight excluding hydrogens is 334 g/mol. The lowest BCUT2D eigenvalue weighted by Crippen LogP contribution is -2.11. The number of ether oxygens (including phenoxy) is 1. The summed E-state index contributed by atoms with van der Waals surface area (Å²) in [5, 5.41) is 0.728. The Kier molecular flexibility index (Phi) is 4.75. The number of rotatable bonds is 5. The number of carbonyl (C=O) groups excluding carboxylic acids is 2. The molecular formula is C20H19NO5. The lowest BCUT2D eigenvalue weighted by Gasteiger charge is -2.08. The number of aromatic nitrogens is 1. The first-order chi connectivity index (χ1) is 12.4. The number of benzene rings is 1. The van der Waals surface area contributed by atoms with Crippen LogP contribution in [0.4, 0.5) is 0 Å². The minimum atomic E-state index is -0.563. The van der Waals surface area contributed by atoms with Crippen molar-refractivity contribution in [2.24, 2.45) is 7.05 Å². The highest BCUT2D eigenvalue weighted by Gasteiger charge is 2.16. The molecule has 3 aromatic rings. The summed E-state index contributed by atoms with van der Waals surface area (Å²) >= 11 is 0. The molecule has 26 heavy (non-hydrogen) atoms. The summed E-state index contributed by atoms with van der Waals surface area (Å²) < 4.78 is 12.1. The van der Waals surface area contributed by atoms with Gasteiger partial charge < -0.3 is 13.7 Å². The van der Waals surface area contributed by atoms with Crippen molar-refractivity contribution in [2.45, 2.75) is 26.9 Å². The van der Waals surface area contributed by atoms with E-state index in [9.17, 15) is 14.4 Å². The Morgan fingerprint density at radius 3 is 2.62 bits per heavy atom. The molecule has 0 spiro atoms. The molecule has 0 aliphatic rings. The van der Waals surface area contributed by atoms with E-state index in [1.54, 1.807) is 17.8 Å². The SMILES string of the molecule is CCc1ccc2c(COC(=O)c3cc(C(C)=O)cn3C)cc(=O)oc2c1. The third kappa shape index (κ3) is 3.44. The fourth-order valence-electron chi connectivity index (χ4n) is 2.79. The maximum Gasteiger partial charge on any atom is 0.355 e. The molecule has 0 N–H and O–H groups in total. The van der Waals surface area contributed by atoms with Crippen LogP contribution >= 0.6 is 0 Å². The van der Waals surface area contributed by atoms with Crippen LogP contribution in [0.5, 0.6) is 0 Å². The van der Waals surface area contributed by atoms with Gasteiger partial charge in [0, 0.05) is 35.8 Å². The summed E-state index contributed by atoms with van der Waals surface area (Å²) in [6.07, 6.45) is 2.41. The first kappa shape index (κ1) is 17.7. The van der Waals surface area contributed by atoms with Crippen molar-refractivity contribution in [2.75, 3.05) is 0 Å². The molecule has 2 aromatic heterocycles. The van der Waals surface area contributed by atoms with E-state index in [-0.39, 0.29) is 18.1 Å². The zero-order valence-electron chi connectivity index (χ0n) is 14.9. The molecule has 6 heteroatoms. The van der Waals surface area contributed by atoms with Gasteiger partial charge in [-0.25, -0.2) is 9.59 Å². The number of nitrogens with zero attached hydrogens (tertiary/aromatic N) is 1. The summed E-state index contributed by atoms with van der Waals surface area (Å²) in [5.74, 6) is -0.690. The number of carbonyl (C=O) groups is 2. The molecule has 134 valence electrons. The van der Waals surface area contributed by atoms with Crippen LogP contribution in [0.25, 0.3) is 11.0 Å². The first-order valence-corrected chi connectivity index (χ1v) is 8.29. The molecule has 0 atom stereocenters. The largest absolute Gasteiger partial charge is 0.456 e. The second kappa shape index (κ2) is 7.00. The van der Waals surface area contributed by atoms with Gasteiger partial charge in [0.1, 0.15) is 17.9 Å². The summed E-state index contributed by atoms with van der Waals surface area (Å²) in [7, 11) is 1.67. The molecule has 6 nitrogen and oxygen atoms in total. The predicted octanol–water partition coefficient (Wildman–Crippen LogP) is 3.25. The lowest BCUT2D eigenvalue weighted by atomic mass is 10.1. The number of ketones is 1. The average molecular weight is 353 g/mol. The minimum absolute atomic E-state index is 0.0625. The van der Waals surface area contributed by atoms with E-state index in [2.05, 4.69) is 0 Å². The van der Waals surface area contributed by atoms with Gasteiger partial charge in [0.15, 0.2) is 5.78 Å². The first-order valence-electron chi connectivity index (χ1n) is 8.29. The van der Waals surface area contributed by atoms with Gasteiger partial charge in [0.05, 0.1) is 0 Å². The van der Waals surface area contributed by atoms with Gasteiger partial charge in [-0.3, -0.25) is 4.79 Å². The van der Waals surface area contributed by atoms with Crippen LogP contribution in [-0.4, -0.2) is 16.3 Å². The van der Waals surface area contributed by atoms with E-state index in [0.29, 0.717) is 16.7 Å². The maximum atomic E-state index is 12.3. The normalized spacial score (nSPS) is 10.9. The van der Waals surface area contributed by atoms with E-state index in [0.717, 1.165) is 17.4 Å². The van der Waals surface area contributed by atoms with Crippen molar-refractivity contribution in [3.8, 4) is 0 Å². The molecule has 0 aliphatic carbocycles. The number of Topliss-reactive ketones (excluding diaryl/α,β-unsaturated/α-hetero) is 1. The highest BCUT2D eigenvalue weighted by atomic mass is 16.5. The van der Waals surface area contributed by atoms with Crippen LogP contribution < -0.4 is 5.63 Å². The fraction of sp³-hybridized carbons (Fsp3) is 0.250. The van der Waals surface area contributed by atoms with Gasteiger partial charge in [0.25, 0.3) is 0 Å². The average Bonchev–Trinajstić information content (AvgIpc) is 3.00. The lowest BCUT2D eigenvalue weighted by molar-refractivity contribution is 0.0462. The quantitative estimate of drug-likeness (QED) is 0.400. The van der Waals surface area contributed by atoms with Crippen LogP contribution in [-0.2, 0) is 24.8 Å². The van der Waals surface area contributed by atoms with Crippen molar-refractivity contribution in [1.29, 1.82) is 0 Å². The molecule has 0 aliphatic heterocycles. The van der Waals surface area contributed by atoms with E-state index in [4.69, 9.17) is 9.15 Å². The third-order valence-corrected chi connectivity index (χ3v) is 4.28. The Balaban J connectivity index is 1.86. The van der Waals surface area contributed by atoms with Gasteiger partial charge in [-0.15, -0.1) is 0 Å². The highest BCUT2D eigenvalue weighted by molar-refractivity contribution is 5.97. The Labute approximate surface area is 150 Å². The molecule has 0 unspecified atom stereocenters. The van der Waals surface area contributed by atoms with Gasteiger partial charge in [0.2, 0.25) is 0 Å². The number of fused-ring (bicyclic) bond motifs is 1. The van der Waals surface area contributed by atoms with Crippen LogP contribution in [0.1, 0.15) is 45.8 Å². The summed E-state index contributed by atoms with van der Waals surface area (Å²) in [5.41, 5.74) is 2.33. The van der Waals surface area contributed by atoms with Crippen molar-refractivity contribution in [3.05, 3.63) is 69.3 Å². The number of hydrogen-bond donors (Lipinski definition) is 0. The van der Waals surface area contributed by atoms with Gasteiger partial charge in [-0.1, -0.05) is 19.1 Å². The van der Waals surface area contributed by atoms with Crippen LogP contribution in [0.15, 0.2) is 45.7 Å². The Morgan fingerprint density at radius 1 is 1.19 bits per heavy atom. The predicted molar refractivity (Wildman–Crippen MR) is 96.4 cm³/mol. The highest BCUT2D eigenvalue weighted by Crippen LogP contribution is 2.20. The molecule has 0 fully saturated rings. The Bertz CT molecular complexity index is 1060. The van der Waals surface area contributed by atoms with Crippen molar-refractivity contribution < 1.29 is 18.7 Å². The van der Waals surface area contributed by atoms with Crippen molar-refractivity contribution >= 4 is 22.7 Å². The standard InChI is InChI=1S/C20H19NO5/c1-4-13-5-6-16-15(9-19(23)26-18(16)7-13)11-25-20(24)17-8-14(12(2)22)10-21(17)3/h5-10H,4,11H2,1-3H3. The minimum Gasteiger partial charge on any atom is -0.456 e. The van der Waals surface area contributed by atoms with E-state index in [1.165, 1.54) is 19.1 Å². The molecule has 0 bridgehead atoms. The molecule has 0 radical (unpaired) electrons. The fourth-order valence-corrected chi connectivity index (χ4v) is 2.79. The third-order valence-electron chi connectivity index (χ3n) is 4.28. The molecule has 0 saturated carbocycles. The van der Waals surface area contributed by atoms with Gasteiger partial charge >= 0.3 is 11.6 Å². The Hall–Kier alpha value is -3.15. The monoisotopic (exact) mass is 353 g/mol. The maximum absolute atomic E-state index is 12.3. The van der Waals surface area contributed by atoms with E-state index < -0.39 is 11.6 Å². The number of hydrogen-bond acceptors (Lipinski definition) is 5. The van der Waals surface area contributed by atoms with Crippen molar-refractivity contribution in [3.63, 3.8) is 0 Å². The molecule has 1 aromatic carbocycles. The van der Waals surface area contributed by atoms with Crippen LogP contribution in [0.2, 0.25) is 0 Å². The topological polar surface area (TPSA) is 78.5 Å². The molecule has 2 heterocycles. The molecule has 3 rings (SSSR count). The van der Waals surface area contributed by atoms with Crippen LogP contribution in [0, 0.1) is 0 Å². The van der Waals surface area contributed by atoms with Gasteiger partial charge in [-0.2, -0.15) is 0 Å². The Morgan fingerprint density at radius 2 is 1.96 bits per heavy atom. The number of esters is 1. The van der Waals surface area contributed by atoms with E-state index >= 15 is 0 Å².